The molecule has 3 heterocycles. The number of nitrogens with zero attached hydrogens (tertiary/aromatic N) is 4. The highest BCUT2D eigenvalue weighted by Crippen LogP contribution is 2.49. The van der Waals surface area contributed by atoms with Gasteiger partial charge in [0.05, 0.1) is 32.2 Å². The van der Waals surface area contributed by atoms with Gasteiger partial charge in [0.25, 0.3) is 11.5 Å². The van der Waals surface area contributed by atoms with Gasteiger partial charge in [-0.25, -0.2) is 0 Å². The summed E-state index contributed by atoms with van der Waals surface area (Å²) in [5, 5.41) is 6.89. The van der Waals surface area contributed by atoms with Crippen molar-refractivity contribution in [1.82, 2.24) is 9.47 Å². The molecule has 198 valence electrons. The average Bonchev–Trinajstić information content (AvgIpc) is 3.58. The first-order valence-electron chi connectivity index (χ1n) is 12.8. The molecule has 0 bridgehead atoms. The molecule has 8 heteroatoms. The lowest BCUT2D eigenvalue weighted by Gasteiger charge is -2.17. The number of hydrogen-bond acceptors (Lipinski definition) is 6. The maximum absolute atomic E-state index is 13.4. The van der Waals surface area contributed by atoms with Crippen molar-refractivity contribution < 1.29 is 4.79 Å². The van der Waals surface area contributed by atoms with Crippen molar-refractivity contribution in [2.24, 2.45) is 12.1 Å². The van der Waals surface area contributed by atoms with E-state index in [1.807, 2.05) is 85.9 Å². The van der Waals surface area contributed by atoms with Gasteiger partial charge < -0.3 is 9.47 Å². The molecule has 0 fully saturated rings. The second-order valence-corrected chi connectivity index (χ2v) is 11.5. The largest absolute Gasteiger partial charge is 0.338 e. The molecule has 0 N–H and O–H groups in total. The van der Waals surface area contributed by atoms with E-state index < -0.39 is 0 Å². The van der Waals surface area contributed by atoms with E-state index in [1.165, 1.54) is 16.3 Å². The minimum atomic E-state index is -0.235. The number of anilines is 1. The molecule has 0 radical (unpaired) electrons. The third-order valence-corrected chi connectivity index (χ3v) is 9.26. The van der Waals surface area contributed by atoms with Crippen molar-refractivity contribution in [2.45, 2.75) is 6.92 Å². The van der Waals surface area contributed by atoms with E-state index in [-0.39, 0.29) is 11.5 Å². The van der Waals surface area contributed by atoms with Gasteiger partial charge in [-0.15, -0.1) is 11.3 Å². The van der Waals surface area contributed by atoms with Crippen LogP contribution in [0.3, 0.4) is 0 Å². The number of aromatic nitrogens is 1. The van der Waals surface area contributed by atoms with E-state index in [1.54, 1.807) is 30.3 Å². The Morgan fingerprint density at radius 2 is 1.38 bits per heavy atom. The first-order valence-corrected chi connectivity index (χ1v) is 14.4. The highest BCUT2D eigenvalue weighted by atomic mass is 32.2. The zero-order chi connectivity index (χ0) is 27.8. The number of para-hydroxylation sites is 1. The minimum absolute atomic E-state index is 0.145. The van der Waals surface area contributed by atoms with Gasteiger partial charge >= 0.3 is 0 Å². The summed E-state index contributed by atoms with van der Waals surface area (Å²) in [7, 11) is 3.75. The van der Waals surface area contributed by atoms with Crippen LogP contribution in [0.5, 0.6) is 0 Å². The van der Waals surface area contributed by atoms with Crippen LogP contribution >= 0.6 is 23.1 Å². The van der Waals surface area contributed by atoms with E-state index >= 15 is 0 Å². The van der Waals surface area contributed by atoms with E-state index in [4.69, 9.17) is 0 Å². The summed E-state index contributed by atoms with van der Waals surface area (Å²) in [6.45, 7) is 1.80. The SMILES string of the molecule is CC1=NN(c2ccccc2)C(=O)C1=c1sc(=C/C=C2/SC(c3ccccc3)=C(c3ccccc3)N2C)c(=O)n1C. The third kappa shape index (κ3) is 4.55. The number of hydrogen-bond donors (Lipinski definition) is 0. The average molecular weight is 563 g/mol. The molecule has 2 aliphatic heterocycles. The van der Waals surface area contributed by atoms with Crippen LogP contribution in [0.2, 0.25) is 0 Å². The highest BCUT2D eigenvalue weighted by molar-refractivity contribution is 8.12. The number of allylic oxidation sites excluding steroid dienone is 1. The monoisotopic (exact) mass is 562 g/mol. The van der Waals surface area contributed by atoms with Crippen molar-refractivity contribution in [2.75, 3.05) is 12.1 Å². The first-order chi connectivity index (χ1) is 19.4. The molecule has 4 aromatic rings. The Hall–Kier alpha value is -4.40. The fourth-order valence-electron chi connectivity index (χ4n) is 4.78. The molecule has 3 aromatic carbocycles. The van der Waals surface area contributed by atoms with Crippen LogP contribution in [-0.2, 0) is 11.8 Å². The van der Waals surface area contributed by atoms with Crippen LogP contribution in [-0.4, -0.2) is 28.1 Å². The number of thioether (sulfide) groups is 1. The molecule has 0 aliphatic carbocycles. The van der Waals surface area contributed by atoms with E-state index in [2.05, 4.69) is 34.3 Å². The van der Waals surface area contributed by atoms with Gasteiger partial charge in [-0.1, -0.05) is 90.6 Å². The molecule has 0 saturated heterocycles. The molecular formula is C32H26N4O2S2. The Balaban J connectivity index is 1.41. The third-order valence-electron chi connectivity index (χ3n) is 6.81. The summed E-state index contributed by atoms with van der Waals surface area (Å²) in [6, 6.07) is 30.0. The minimum Gasteiger partial charge on any atom is -0.338 e. The summed E-state index contributed by atoms with van der Waals surface area (Å²) in [5.74, 6) is -0.235. The number of thiazole rings is 1. The van der Waals surface area contributed by atoms with Crippen molar-refractivity contribution in [3.63, 3.8) is 0 Å². The molecule has 6 nitrogen and oxygen atoms in total. The summed E-state index contributed by atoms with van der Waals surface area (Å²) in [6.07, 6.45) is 3.84. The maximum atomic E-state index is 13.4. The molecule has 1 aromatic heterocycles. The lowest BCUT2D eigenvalue weighted by Crippen LogP contribution is -2.32. The normalized spacial score (nSPS) is 18.4. The van der Waals surface area contributed by atoms with Crippen LogP contribution in [0.1, 0.15) is 18.1 Å². The highest BCUT2D eigenvalue weighted by Gasteiger charge is 2.31. The van der Waals surface area contributed by atoms with Crippen LogP contribution in [0.25, 0.3) is 22.3 Å². The molecule has 0 spiro atoms. The maximum Gasteiger partial charge on any atom is 0.283 e. The Labute approximate surface area is 240 Å². The molecule has 40 heavy (non-hydrogen) atoms. The van der Waals surface area contributed by atoms with Gasteiger partial charge in [0, 0.05) is 19.0 Å². The Morgan fingerprint density at radius 3 is 2.02 bits per heavy atom. The van der Waals surface area contributed by atoms with Crippen LogP contribution < -0.4 is 19.8 Å². The second kappa shape index (κ2) is 10.6. The second-order valence-electron chi connectivity index (χ2n) is 9.39. The van der Waals surface area contributed by atoms with Crippen molar-refractivity contribution in [3.05, 3.63) is 133 Å². The molecule has 0 saturated carbocycles. The molecule has 1 amide bonds. The fraction of sp³-hybridized carbons (Fsp3) is 0.0938. The quantitative estimate of drug-likeness (QED) is 0.357. The smallest absolute Gasteiger partial charge is 0.283 e. The first kappa shape index (κ1) is 25.9. The zero-order valence-electron chi connectivity index (χ0n) is 22.2. The number of carbonyl (C=O) groups excluding carboxylic acids is 1. The molecule has 6 rings (SSSR count). The van der Waals surface area contributed by atoms with Crippen LogP contribution in [0, 0.1) is 0 Å². The lowest BCUT2D eigenvalue weighted by atomic mass is 10.1. The summed E-state index contributed by atoms with van der Waals surface area (Å²) < 4.78 is 2.70. The number of rotatable bonds is 4. The lowest BCUT2D eigenvalue weighted by molar-refractivity contribution is -0.112. The van der Waals surface area contributed by atoms with Gasteiger partial charge in [0.1, 0.15) is 4.66 Å². The van der Waals surface area contributed by atoms with E-state index in [9.17, 15) is 9.59 Å². The molecule has 0 unspecified atom stereocenters. The van der Waals surface area contributed by atoms with Gasteiger partial charge in [-0.2, -0.15) is 10.1 Å². The van der Waals surface area contributed by atoms with Crippen molar-refractivity contribution in [3.8, 4) is 0 Å². The van der Waals surface area contributed by atoms with Crippen LogP contribution in [0.15, 0.2) is 112 Å². The van der Waals surface area contributed by atoms with Gasteiger partial charge in [0.2, 0.25) is 0 Å². The van der Waals surface area contributed by atoms with Crippen molar-refractivity contribution in [1.29, 1.82) is 0 Å². The van der Waals surface area contributed by atoms with Crippen molar-refractivity contribution >= 4 is 62.7 Å². The summed E-state index contributed by atoms with van der Waals surface area (Å²) in [5.41, 5.74) is 4.98. The molecule has 2 aliphatic rings. The number of benzene rings is 3. The molecule has 0 atom stereocenters. The Morgan fingerprint density at radius 1 is 0.775 bits per heavy atom. The standard InChI is InChI=1S/C32H26N4O2S2/c1-21-27(31(38)36(33-21)24-17-11-6-12-18-24)32-35(3)30(37)25(39-32)19-20-26-34(2)28(22-13-7-4-8-14-22)29(40-26)23-15-9-5-10-16-23/h4-20H,1-3H3/b25-19?,26-20+,32-27?. The Bertz CT molecular complexity index is 1890. The van der Waals surface area contributed by atoms with Gasteiger partial charge in [-0.05, 0) is 42.3 Å². The topological polar surface area (TPSA) is 57.9 Å². The fourth-order valence-corrected chi connectivity index (χ4v) is 7.08. The summed E-state index contributed by atoms with van der Waals surface area (Å²) in [4.78, 5) is 30.0. The van der Waals surface area contributed by atoms with Gasteiger partial charge in [-0.3, -0.25) is 9.59 Å². The Kier molecular flexibility index (Phi) is 6.88. The molecular weight excluding hydrogens is 537 g/mol. The van der Waals surface area contributed by atoms with E-state index in [0.717, 1.165) is 26.8 Å². The van der Waals surface area contributed by atoms with Gasteiger partial charge in [0.15, 0.2) is 0 Å². The number of carbonyl (C=O) groups is 1. The number of hydrazone groups is 1. The summed E-state index contributed by atoms with van der Waals surface area (Å²) >= 11 is 2.99. The predicted molar refractivity (Wildman–Crippen MR) is 167 cm³/mol. The van der Waals surface area contributed by atoms with Crippen LogP contribution in [0.4, 0.5) is 5.69 Å². The zero-order valence-corrected chi connectivity index (χ0v) is 23.9. The number of amides is 1. The predicted octanol–water partition coefficient (Wildman–Crippen LogP) is 4.85. The van der Waals surface area contributed by atoms with E-state index in [0.29, 0.717) is 26.2 Å².